The minimum Gasteiger partial charge on any atom is -0.493 e. The number of hydrogen-bond donors (Lipinski definition) is 0. The molecule has 0 N–H and O–H groups in total. The van der Waals surface area contributed by atoms with Gasteiger partial charge in [-0.1, -0.05) is 56.3 Å². The highest BCUT2D eigenvalue weighted by molar-refractivity contribution is 5.82. The summed E-state index contributed by atoms with van der Waals surface area (Å²) < 4.78 is 5.92. The first kappa shape index (κ1) is 27.0. The highest BCUT2D eigenvalue weighted by Crippen LogP contribution is 2.30. The SMILES string of the molecule is CC.CC(=O)C1CC(OC2=CC=CCC2)CN1C.CC(=O)C1CC(c2ccccc2)CN1C. The molecule has 2 fully saturated rings. The lowest BCUT2D eigenvalue weighted by atomic mass is 9.95. The molecule has 0 saturated carbocycles. The molecule has 3 aliphatic rings. The molecule has 2 heterocycles. The zero-order valence-electron chi connectivity index (χ0n) is 21.3. The van der Waals surface area contributed by atoms with Crippen molar-refractivity contribution < 1.29 is 14.3 Å². The Labute approximate surface area is 200 Å². The molecule has 5 nitrogen and oxygen atoms in total. The van der Waals surface area contributed by atoms with Crippen LogP contribution in [0.15, 0.2) is 54.3 Å². The largest absolute Gasteiger partial charge is 0.493 e. The molecule has 2 saturated heterocycles. The summed E-state index contributed by atoms with van der Waals surface area (Å²) in [4.78, 5) is 27.0. The van der Waals surface area contributed by atoms with Crippen LogP contribution in [0, 0.1) is 0 Å². The summed E-state index contributed by atoms with van der Waals surface area (Å²) in [5.74, 6) is 2.11. The highest BCUT2D eigenvalue weighted by atomic mass is 16.5. The van der Waals surface area contributed by atoms with E-state index in [1.165, 1.54) is 5.56 Å². The van der Waals surface area contributed by atoms with Gasteiger partial charge in [0.1, 0.15) is 17.7 Å². The summed E-state index contributed by atoms with van der Waals surface area (Å²) in [7, 11) is 4.03. The number of hydrogen-bond acceptors (Lipinski definition) is 5. The minimum atomic E-state index is 0.0460. The van der Waals surface area contributed by atoms with Gasteiger partial charge in [-0.2, -0.15) is 0 Å². The Hall–Kier alpha value is -2.24. The quantitative estimate of drug-likeness (QED) is 0.627. The van der Waals surface area contributed by atoms with Crippen LogP contribution < -0.4 is 0 Å². The maximum Gasteiger partial charge on any atom is 0.147 e. The van der Waals surface area contributed by atoms with Crippen molar-refractivity contribution in [3.05, 3.63) is 59.9 Å². The summed E-state index contributed by atoms with van der Waals surface area (Å²) in [5, 5.41) is 0. The number of ketones is 2. The predicted octanol–water partition coefficient (Wildman–Crippen LogP) is 4.99. The van der Waals surface area contributed by atoms with Gasteiger partial charge in [-0.15, -0.1) is 0 Å². The molecule has 1 aromatic carbocycles. The number of likely N-dealkylation sites (tertiary alicyclic amines) is 2. The van der Waals surface area contributed by atoms with Crippen molar-refractivity contribution in [1.29, 1.82) is 0 Å². The van der Waals surface area contributed by atoms with Crippen LogP contribution in [-0.4, -0.2) is 66.7 Å². The molecule has 1 aromatic rings. The summed E-state index contributed by atoms with van der Waals surface area (Å²) >= 11 is 0. The van der Waals surface area contributed by atoms with Crippen molar-refractivity contribution in [3.8, 4) is 0 Å². The van der Waals surface area contributed by atoms with Crippen LogP contribution in [0.1, 0.15) is 64.9 Å². The maximum atomic E-state index is 11.4. The van der Waals surface area contributed by atoms with Gasteiger partial charge in [-0.25, -0.2) is 0 Å². The molecule has 4 unspecified atom stereocenters. The van der Waals surface area contributed by atoms with E-state index < -0.39 is 0 Å². The Morgan fingerprint density at radius 2 is 1.52 bits per heavy atom. The number of allylic oxidation sites excluding steroid dienone is 4. The average molecular weight is 455 g/mol. The Bertz CT molecular complexity index is 818. The smallest absolute Gasteiger partial charge is 0.147 e. The molecule has 0 aromatic heterocycles. The standard InChI is InChI=1S/C13H19NO2.C13H17NO.C2H6/c1-10(15)13-8-12(9-14(13)2)16-11-6-4-3-5-7-11;1-10(15)13-8-12(9-14(13)2)11-6-4-3-5-7-11;1-2/h3-4,6,12-13H,5,7-9H2,1-2H3;3-7,12-13H,8-9H2,1-2H3;1-2H3. The number of nitrogens with zero attached hydrogens (tertiary/aromatic N) is 2. The number of carbonyl (C=O) groups is 2. The van der Waals surface area contributed by atoms with Crippen LogP contribution in [0.25, 0.3) is 0 Å². The molecule has 0 amide bonds. The molecule has 33 heavy (non-hydrogen) atoms. The molecule has 0 radical (unpaired) electrons. The molecule has 182 valence electrons. The van der Waals surface area contributed by atoms with Gasteiger partial charge in [0.25, 0.3) is 0 Å². The van der Waals surface area contributed by atoms with Crippen LogP contribution in [-0.2, 0) is 14.3 Å². The van der Waals surface area contributed by atoms with E-state index in [0.29, 0.717) is 5.92 Å². The van der Waals surface area contributed by atoms with Crippen LogP contribution in [0.4, 0.5) is 0 Å². The zero-order chi connectivity index (χ0) is 24.4. The first-order valence-electron chi connectivity index (χ1n) is 12.3. The van der Waals surface area contributed by atoms with Crippen LogP contribution in [0.3, 0.4) is 0 Å². The van der Waals surface area contributed by atoms with Gasteiger partial charge in [0.05, 0.1) is 17.8 Å². The summed E-state index contributed by atoms with van der Waals surface area (Å²) in [5.41, 5.74) is 1.35. The van der Waals surface area contributed by atoms with E-state index in [1.807, 2.05) is 46.2 Å². The van der Waals surface area contributed by atoms with E-state index in [1.54, 1.807) is 13.8 Å². The lowest BCUT2D eigenvalue weighted by molar-refractivity contribution is -0.121. The molecule has 0 spiro atoms. The third kappa shape index (κ3) is 7.94. The number of rotatable bonds is 5. The fraction of sp³-hybridized carbons (Fsp3) is 0.571. The van der Waals surface area contributed by atoms with E-state index in [-0.39, 0.29) is 29.8 Å². The molecule has 1 aliphatic carbocycles. The van der Waals surface area contributed by atoms with E-state index >= 15 is 0 Å². The molecular formula is C28H42N2O3. The number of Topliss-reactive ketones (excluding diaryl/α,β-unsaturated/α-hetero) is 2. The van der Waals surface area contributed by atoms with Crippen molar-refractivity contribution in [2.24, 2.45) is 0 Å². The second-order valence-corrected chi connectivity index (χ2v) is 9.05. The van der Waals surface area contributed by atoms with Gasteiger partial charge < -0.3 is 4.74 Å². The fourth-order valence-electron chi connectivity index (χ4n) is 4.85. The van der Waals surface area contributed by atoms with Crippen molar-refractivity contribution in [1.82, 2.24) is 9.80 Å². The fourth-order valence-corrected chi connectivity index (χ4v) is 4.85. The lowest BCUT2D eigenvalue weighted by Gasteiger charge is -2.17. The monoisotopic (exact) mass is 454 g/mol. The second-order valence-electron chi connectivity index (χ2n) is 9.05. The van der Waals surface area contributed by atoms with Gasteiger partial charge in [-0.3, -0.25) is 19.4 Å². The molecule has 2 aliphatic heterocycles. The van der Waals surface area contributed by atoms with Crippen LogP contribution in [0.5, 0.6) is 0 Å². The Morgan fingerprint density at radius 1 is 0.909 bits per heavy atom. The van der Waals surface area contributed by atoms with Crippen molar-refractivity contribution in [2.75, 3.05) is 27.2 Å². The minimum absolute atomic E-state index is 0.0460. The topological polar surface area (TPSA) is 49.9 Å². The Balaban J connectivity index is 0.000000218. The number of likely N-dealkylation sites (N-methyl/N-ethyl adjacent to an activating group) is 2. The molecule has 5 heteroatoms. The second kappa shape index (κ2) is 13.5. The number of benzene rings is 1. The first-order valence-corrected chi connectivity index (χ1v) is 12.3. The first-order chi connectivity index (χ1) is 15.8. The molecule has 4 atom stereocenters. The van der Waals surface area contributed by atoms with Crippen molar-refractivity contribution in [3.63, 3.8) is 0 Å². The van der Waals surface area contributed by atoms with Crippen LogP contribution >= 0.6 is 0 Å². The van der Waals surface area contributed by atoms with Gasteiger partial charge in [0.2, 0.25) is 0 Å². The Morgan fingerprint density at radius 3 is 2.03 bits per heavy atom. The normalized spacial score (nSPS) is 27.0. The van der Waals surface area contributed by atoms with Crippen LogP contribution in [0.2, 0.25) is 0 Å². The third-order valence-corrected chi connectivity index (χ3v) is 6.56. The molecule has 0 bridgehead atoms. The van der Waals surface area contributed by atoms with E-state index in [0.717, 1.165) is 44.5 Å². The van der Waals surface area contributed by atoms with Gasteiger partial charge in [0, 0.05) is 25.9 Å². The third-order valence-electron chi connectivity index (χ3n) is 6.56. The van der Waals surface area contributed by atoms with E-state index in [2.05, 4.69) is 40.1 Å². The lowest BCUT2D eigenvalue weighted by Crippen LogP contribution is -2.30. The van der Waals surface area contributed by atoms with Gasteiger partial charge in [0.15, 0.2) is 0 Å². The van der Waals surface area contributed by atoms with E-state index in [9.17, 15) is 9.59 Å². The number of ether oxygens (including phenoxy) is 1. The van der Waals surface area contributed by atoms with Gasteiger partial charge >= 0.3 is 0 Å². The molecule has 4 rings (SSSR count). The predicted molar refractivity (Wildman–Crippen MR) is 135 cm³/mol. The maximum absolute atomic E-state index is 11.4. The van der Waals surface area contributed by atoms with Crippen molar-refractivity contribution in [2.45, 2.75) is 77.5 Å². The summed E-state index contributed by atoms with van der Waals surface area (Å²) in [6, 6.07) is 10.6. The van der Waals surface area contributed by atoms with Crippen molar-refractivity contribution >= 4 is 11.6 Å². The van der Waals surface area contributed by atoms with Gasteiger partial charge in [-0.05, 0) is 58.3 Å². The Kier molecular flexibility index (Phi) is 11.0. The average Bonchev–Trinajstić information content (AvgIpc) is 3.39. The summed E-state index contributed by atoms with van der Waals surface area (Å²) in [6.07, 6.45) is 10.2. The molecular weight excluding hydrogens is 412 g/mol. The summed E-state index contributed by atoms with van der Waals surface area (Å²) in [6.45, 7) is 9.19. The highest BCUT2D eigenvalue weighted by Gasteiger charge is 2.34. The zero-order valence-corrected chi connectivity index (χ0v) is 21.3. The number of carbonyl (C=O) groups excluding carboxylic acids is 2. The van der Waals surface area contributed by atoms with E-state index in [4.69, 9.17) is 4.74 Å².